The number of rotatable bonds is 3. The molecule has 1 aliphatic rings. The maximum Gasteiger partial charge on any atom is 0.334 e. The lowest BCUT2D eigenvalue weighted by Gasteiger charge is -2.20. The van der Waals surface area contributed by atoms with Crippen LogP contribution in [0.1, 0.15) is 33.6 Å². The maximum atomic E-state index is 11.2. The maximum absolute atomic E-state index is 11.2. The molecule has 1 N–H and O–H groups in total. The van der Waals surface area contributed by atoms with E-state index < -0.39 is 5.60 Å². The van der Waals surface area contributed by atoms with Crippen LogP contribution in [0.25, 0.3) is 0 Å². The summed E-state index contributed by atoms with van der Waals surface area (Å²) in [6.45, 7) is 7.41. The van der Waals surface area contributed by atoms with Gasteiger partial charge in [0.05, 0.1) is 0 Å². The molecule has 96 valence electrons. The molecule has 0 aromatic heterocycles. The number of aliphatic hydroxyl groups excluding tert-OH is 1. The zero-order chi connectivity index (χ0) is 12.6. The first-order valence-electron chi connectivity index (χ1n) is 5.52. The number of carbonyl (C=O) groups is 1. The van der Waals surface area contributed by atoms with Gasteiger partial charge in [-0.3, -0.25) is 4.84 Å². The summed E-state index contributed by atoms with van der Waals surface area (Å²) in [6.07, 6.45) is 2.29. The van der Waals surface area contributed by atoms with Gasteiger partial charge in [0.1, 0.15) is 5.60 Å². The molecule has 0 spiro atoms. The Hall–Kier alpha value is -0.650. The van der Waals surface area contributed by atoms with E-state index in [2.05, 4.69) is 0 Å². The minimum atomic E-state index is -0.425. The Kier molecular flexibility index (Phi) is 7.29. The van der Waals surface area contributed by atoms with Crippen molar-refractivity contribution in [3.63, 3.8) is 0 Å². The summed E-state index contributed by atoms with van der Waals surface area (Å²) in [5, 5.41) is 8.82. The van der Waals surface area contributed by atoms with Crippen LogP contribution in [0.5, 0.6) is 0 Å². The van der Waals surface area contributed by atoms with Crippen molar-refractivity contribution >= 4 is 5.97 Å². The van der Waals surface area contributed by atoms with Crippen LogP contribution in [0.4, 0.5) is 0 Å². The minimum absolute atomic E-state index is 0.0251. The first-order chi connectivity index (χ1) is 7.47. The number of nitrogens with zero attached hydrogens (tertiary/aromatic N) is 1. The minimum Gasteiger partial charge on any atom is -0.458 e. The van der Waals surface area contributed by atoms with Crippen molar-refractivity contribution in [2.45, 2.75) is 39.2 Å². The third kappa shape index (κ3) is 7.62. The summed E-state index contributed by atoms with van der Waals surface area (Å²) >= 11 is 0. The molecule has 1 saturated heterocycles. The highest BCUT2D eigenvalue weighted by Gasteiger charge is 2.18. The van der Waals surface area contributed by atoms with Crippen molar-refractivity contribution in [2.75, 3.05) is 26.8 Å². The average molecular weight is 233 g/mol. The van der Waals surface area contributed by atoms with Crippen LogP contribution < -0.4 is 0 Å². The summed E-state index contributed by atoms with van der Waals surface area (Å²) < 4.78 is 5.11. The van der Waals surface area contributed by atoms with E-state index >= 15 is 0 Å². The van der Waals surface area contributed by atoms with E-state index in [9.17, 15) is 4.79 Å². The molecule has 1 heterocycles. The fourth-order valence-electron chi connectivity index (χ4n) is 1.33. The van der Waals surface area contributed by atoms with Crippen LogP contribution >= 0.6 is 0 Å². The standard InChI is InChI=1S/C10H19NO3.CH4O/c1-10(2,3)14-9(12)8-13-11-6-4-5-7-11;1-2/h4-8H2,1-3H3;2H,1H3. The summed E-state index contributed by atoms with van der Waals surface area (Å²) in [6, 6.07) is 0. The topological polar surface area (TPSA) is 59.0 Å². The number of hydroxylamine groups is 2. The second-order valence-corrected chi connectivity index (χ2v) is 4.50. The van der Waals surface area contributed by atoms with Gasteiger partial charge in [0, 0.05) is 20.2 Å². The monoisotopic (exact) mass is 233 g/mol. The Bertz CT molecular complexity index is 195. The Morgan fingerprint density at radius 3 is 2.19 bits per heavy atom. The van der Waals surface area contributed by atoms with Crippen molar-refractivity contribution in [1.82, 2.24) is 5.06 Å². The lowest BCUT2D eigenvalue weighted by atomic mass is 10.2. The predicted molar refractivity (Wildman–Crippen MR) is 60.7 cm³/mol. The van der Waals surface area contributed by atoms with Gasteiger partial charge >= 0.3 is 5.97 Å². The summed E-state index contributed by atoms with van der Waals surface area (Å²) in [5.74, 6) is -0.301. The number of hydrogen-bond acceptors (Lipinski definition) is 5. The molecule has 0 aromatic rings. The molecule has 0 radical (unpaired) electrons. The Morgan fingerprint density at radius 2 is 1.75 bits per heavy atom. The predicted octanol–water partition coefficient (Wildman–Crippen LogP) is 0.964. The molecule has 5 heteroatoms. The molecule has 0 amide bonds. The summed E-state index contributed by atoms with van der Waals surface area (Å²) in [7, 11) is 1.00. The van der Waals surface area contributed by atoms with Gasteiger partial charge < -0.3 is 9.84 Å². The van der Waals surface area contributed by atoms with Crippen molar-refractivity contribution < 1.29 is 19.5 Å². The number of hydrogen-bond donors (Lipinski definition) is 1. The first kappa shape index (κ1) is 15.3. The first-order valence-corrected chi connectivity index (χ1v) is 5.52. The molecular formula is C11H23NO4. The van der Waals surface area contributed by atoms with Crippen LogP contribution in [-0.4, -0.2) is 48.5 Å². The lowest BCUT2D eigenvalue weighted by Crippen LogP contribution is -2.30. The van der Waals surface area contributed by atoms with Gasteiger partial charge in [0.2, 0.25) is 0 Å². The van der Waals surface area contributed by atoms with Crippen molar-refractivity contribution in [1.29, 1.82) is 0 Å². The molecule has 1 aliphatic heterocycles. The van der Waals surface area contributed by atoms with Gasteiger partial charge in [0.25, 0.3) is 0 Å². The van der Waals surface area contributed by atoms with Crippen LogP contribution in [0, 0.1) is 0 Å². The molecule has 16 heavy (non-hydrogen) atoms. The van der Waals surface area contributed by atoms with E-state index in [0.29, 0.717) is 0 Å². The zero-order valence-corrected chi connectivity index (χ0v) is 10.7. The zero-order valence-electron chi connectivity index (χ0n) is 10.7. The van der Waals surface area contributed by atoms with Crippen molar-refractivity contribution in [3.05, 3.63) is 0 Å². The van der Waals surface area contributed by atoms with E-state index in [1.165, 1.54) is 0 Å². The van der Waals surface area contributed by atoms with Gasteiger partial charge in [-0.2, -0.15) is 5.06 Å². The molecule has 0 saturated carbocycles. The van der Waals surface area contributed by atoms with Gasteiger partial charge in [-0.1, -0.05) is 0 Å². The fraction of sp³-hybridized carbons (Fsp3) is 0.909. The highest BCUT2D eigenvalue weighted by atomic mass is 16.7. The number of carbonyl (C=O) groups excluding carboxylic acids is 1. The largest absolute Gasteiger partial charge is 0.458 e. The smallest absolute Gasteiger partial charge is 0.334 e. The van der Waals surface area contributed by atoms with Crippen LogP contribution in [-0.2, 0) is 14.4 Å². The van der Waals surface area contributed by atoms with Gasteiger partial charge in [-0.15, -0.1) is 0 Å². The second-order valence-electron chi connectivity index (χ2n) is 4.50. The second kappa shape index (κ2) is 7.60. The van der Waals surface area contributed by atoms with E-state index in [-0.39, 0.29) is 12.6 Å². The SMILES string of the molecule is CC(C)(C)OC(=O)CON1CCCC1.CO. The molecule has 0 aromatic carbocycles. The molecule has 0 atom stereocenters. The lowest BCUT2D eigenvalue weighted by molar-refractivity contribution is -0.186. The highest BCUT2D eigenvalue weighted by Crippen LogP contribution is 2.09. The van der Waals surface area contributed by atoms with Crippen LogP contribution in [0.3, 0.4) is 0 Å². The normalized spacial score (nSPS) is 16.6. The molecule has 0 unspecified atom stereocenters. The van der Waals surface area contributed by atoms with Crippen molar-refractivity contribution in [3.8, 4) is 0 Å². The summed E-state index contributed by atoms with van der Waals surface area (Å²) in [5.41, 5.74) is -0.425. The highest BCUT2D eigenvalue weighted by molar-refractivity contribution is 5.71. The molecule has 0 aliphatic carbocycles. The van der Waals surface area contributed by atoms with E-state index in [4.69, 9.17) is 14.7 Å². The fourth-order valence-corrected chi connectivity index (χ4v) is 1.33. The van der Waals surface area contributed by atoms with E-state index in [1.54, 1.807) is 0 Å². The van der Waals surface area contributed by atoms with E-state index in [0.717, 1.165) is 33.0 Å². The molecule has 1 fully saturated rings. The Morgan fingerprint density at radius 1 is 1.25 bits per heavy atom. The number of ether oxygens (including phenoxy) is 1. The molecule has 0 bridgehead atoms. The quantitative estimate of drug-likeness (QED) is 0.736. The van der Waals surface area contributed by atoms with E-state index in [1.807, 2.05) is 25.8 Å². The average Bonchev–Trinajstić information content (AvgIpc) is 2.68. The Balaban J connectivity index is 0.00000106. The summed E-state index contributed by atoms with van der Waals surface area (Å²) in [4.78, 5) is 16.5. The third-order valence-corrected chi connectivity index (χ3v) is 1.85. The van der Waals surface area contributed by atoms with Crippen molar-refractivity contribution in [2.24, 2.45) is 0 Å². The van der Waals surface area contributed by atoms with Gasteiger partial charge in [0.15, 0.2) is 6.61 Å². The number of aliphatic hydroxyl groups is 1. The molecule has 1 rings (SSSR count). The Labute approximate surface area is 97.3 Å². The molecule has 5 nitrogen and oxygen atoms in total. The van der Waals surface area contributed by atoms with Gasteiger partial charge in [-0.25, -0.2) is 4.79 Å². The molecular weight excluding hydrogens is 210 g/mol. The third-order valence-electron chi connectivity index (χ3n) is 1.85. The van der Waals surface area contributed by atoms with Crippen LogP contribution in [0.2, 0.25) is 0 Å². The van der Waals surface area contributed by atoms with Gasteiger partial charge in [-0.05, 0) is 33.6 Å². The number of esters is 1. The van der Waals surface area contributed by atoms with Crippen LogP contribution in [0.15, 0.2) is 0 Å².